The summed E-state index contributed by atoms with van der Waals surface area (Å²) in [5, 5.41) is 0. The molecule has 2 amide bonds. The summed E-state index contributed by atoms with van der Waals surface area (Å²) in [5.74, 6) is -0.381. The van der Waals surface area contributed by atoms with Crippen LogP contribution in [0, 0.1) is 0 Å². The van der Waals surface area contributed by atoms with E-state index < -0.39 is 11.6 Å². The third-order valence-corrected chi connectivity index (χ3v) is 4.53. The van der Waals surface area contributed by atoms with Crippen LogP contribution in [-0.2, 0) is 9.53 Å². The largest absolute Gasteiger partial charge is 0.444 e. The third-order valence-electron chi connectivity index (χ3n) is 4.00. The maximum absolute atomic E-state index is 12.3. The second kappa shape index (κ2) is 8.19. The molecule has 6 nitrogen and oxygen atoms in total. The maximum atomic E-state index is 12.3. The lowest BCUT2D eigenvalue weighted by molar-refractivity contribution is -0.123. The molecular formula is C18H26BrN3O3. The van der Waals surface area contributed by atoms with Crippen molar-refractivity contribution < 1.29 is 14.3 Å². The Bertz CT molecular complexity index is 613. The van der Waals surface area contributed by atoms with Crippen molar-refractivity contribution in [1.82, 2.24) is 9.80 Å². The molecule has 1 heterocycles. The SMILES string of the molecule is CC(C)(C)OC(=O)N1CCCN(C(C(N)=O)c2ccc(Br)cc2)CC1. The Morgan fingerprint density at radius 1 is 1.12 bits per heavy atom. The minimum absolute atomic E-state index is 0.311. The van der Waals surface area contributed by atoms with E-state index >= 15 is 0 Å². The second-order valence-electron chi connectivity index (χ2n) is 7.21. The van der Waals surface area contributed by atoms with Gasteiger partial charge in [-0.1, -0.05) is 28.1 Å². The van der Waals surface area contributed by atoms with Gasteiger partial charge in [0, 0.05) is 30.7 Å². The van der Waals surface area contributed by atoms with Crippen molar-refractivity contribution >= 4 is 27.9 Å². The summed E-state index contributed by atoms with van der Waals surface area (Å²) in [4.78, 5) is 28.1. The van der Waals surface area contributed by atoms with Crippen molar-refractivity contribution in [3.05, 3.63) is 34.3 Å². The van der Waals surface area contributed by atoms with Crippen molar-refractivity contribution in [3.63, 3.8) is 0 Å². The second-order valence-corrected chi connectivity index (χ2v) is 8.13. The highest BCUT2D eigenvalue weighted by molar-refractivity contribution is 9.10. The lowest BCUT2D eigenvalue weighted by Gasteiger charge is -2.29. The van der Waals surface area contributed by atoms with Crippen LogP contribution in [0.3, 0.4) is 0 Å². The van der Waals surface area contributed by atoms with E-state index in [2.05, 4.69) is 15.9 Å². The number of carbonyl (C=O) groups is 2. The lowest BCUT2D eigenvalue weighted by Crippen LogP contribution is -2.42. The van der Waals surface area contributed by atoms with Crippen LogP contribution >= 0.6 is 15.9 Å². The fourth-order valence-corrected chi connectivity index (χ4v) is 3.17. The first-order valence-electron chi connectivity index (χ1n) is 8.44. The number of benzene rings is 1. The van der Waals surface area contributed by atoms with Crippen LogP contribution in [0.5, 0.6) is 0 Å². The van der Waals surface area contributed by atoms with E-state index in [1.54, 1.807) is 4.90 Å². The number of nitrogens with zero attached hydrogens (tertiary/aromatic N) is 2. The van der Waals surface area contributed by atoms with Crippen LogP contribution < -0.4 is 5.73 Å². The van der Waals surface area contributed by atoms with Gasteiger partial charge in [0.15, 0.2) is 0 Å². The number of nitrogens with two attached hydrogens (primary N) is 1. The van der Waals surface area contributed by atoms with Gasteiger partial charge >= 0.3 is 6.09 Å². The van der Waals surface area contributed by atoms with E-state index in [1.807, 2.05) is 49.9 Å². The van der Waals surface area contributed by atoms with E-state index in [-0.39, 0.29) is 12.0 Å². The Morgan fingerprint density at radius 3 is 2.32 bits per heavy atom. The smallest absolute Gasteiger partial charge is 0.410 e. The molecular weight excluding hydrogens is 386 g/mol. The number of primary amides is 1. The first-order valence-corrected chi connectivity index (χ1v) is 9.23. The molecule has 1 aromatic carbocycles. The molecule has 1 fully saturated rings. The summed E-state index contributed by atoms with van der Waals surface area (Å²) in [7, 11) is 0. The van der Waals surface area contributed by atoms with Gasteiger partial charge in [0.2, 0.25) is 5.91 Å². The molecule has 0 spiro atoms. The van der Waals surface area contributed by atoms with E-state index in [0.29, 0.717) is 26.2 Å². The van der Waals surface area contributed by atoms with Gasteiger partial charge in [-0.15, -0.1) is 0 Å². The molecule has 0 radical (unpaired) electrons. The quantitative estimate of drug-likeness (QED) is 0.829. The van der Waals surface area contributed by atoms with Crippen LogP contribution in [0.25, 0.3) is 0 Å². The number of ether oxygens (including phenoxy) is 1. The van der Waals surface area contributed by atoms with E-state index in [9.17, 15) is 9.59 Å². The normalized spacial score (nSPS) is 17.7. The zero-order valence-electron chi connectivity index (χ0n) is 15.0. The monoisotopic (exact) mass is 411 g/mol. The minimum Gasteiger partial charge on any atom is -0.444 e. The van der Waals surface area contributed by atoms with Gasteiger partial charge in [0.1, 0.15) is 11.6 Å². The van der Waals surface area contributed by atoms with Crippen LogP contribution in [0.2, 0.25) is 0 Å². The molecule has 2 N–H and O–H groups in total. The van der Waals surface area contributed by atoms with Gasteiger partial charge < -0.3 is 15.4 Å². The molecule has 0 saturated carbocycles. The molecule has 1 unspecified atom stereocenters. The Hall–Kier alpha value is -1.60. The predicted molar refractivity (Wildman–Crippen MR) is 100 cm³/mol. The number of amides is 2. The Balaban J connectivity index is 2.08. The van der Waals surface area contributed by atoms with E-state index in [0.717, 1.165) is 16.5 Å². The van der Waals surface area contributed by atoms with Crippen molar-refractivity contribution in [1.29, 1.82) is 0 Å². The third kappa shape index (κ3) is 5.71. The van der Waals surface area contributed by atoms with Gasteiger partial charge in [-0.2, -0.15) is 0 Å². The average Bonchev–Trinajstić information content (AvgIpc) is 2.73. The number of hydrogen-bond donors (Lipinski definition) is 1. The summed E-state index contributed by atoms with van der Waals surface area (Å²) in [5.41, 5.74) is 6.01. The standard InChI is InChI=1S/C18H26BrN3O3/c1-18(2,3)25-17(24)22-10-4-9-21(11-12-22)15(16(20)23)13-5-7-14(19)8-6-13/h5-8,15H,4,9-12H2,1-3H3,(H2,20,23). The molecule has 138 valence electrons. The molecule has 2 rings (SSSR count). The van der Waals surface area contributed by atoms with Gasteiger partial charge in [-0.3, -0.25) is 9.69 Å². The zero-order valence-corrected chi connectivity index (χ0v) is 16.6. The number of carbonyl (C=O) groups excluding carboxylic acids is 2. The fraction of sp³-hybridized carbons (Fsp3) is 0.556. The van der Waals surface area contributed by atoms with Gasteiger partial charge in [0.05, 0.1) is 0 Å². The van der Waals surface area contributed by atoms with Gasteiger partial charge in [-0.05, 0) is 44.9 Å². The number of rotatable bonds is 3. The minimum atomic E-state index is -0.518. The Labute approximate surface area is 157 Å². The first-order chi connectivity index (χ1) is 11.7. The lowest BCUT2D eigenvalue weighted by atomic mass is 10.0. The van der Waals surface area contributed by atoms with Crippen molar-refractivity contribution in [2.24, 2.45) is 5.73 Å². The van der Waals surface area contributed by atoms with Crippen LogP contribution in [0.4, 0.5) is 4.79 Å². The molecule has 0 bridgehead atoms. The molecule has 1 saturated heterocycles. The molecule has 25 heavy (non-hydrogen) atoms. The van der Waals surface area contributed by atoms with E-state index in [1.165, 1.54) is 0 Å². The zero-order chi connectivity index (χ0) is 18.6. The van der Waals surface area contributed by atoms with Gasteiger partial charge in [0.25, 0.3) is 0 Å². The summed E-state index contributed by atoms with van der Waals surface area (Å²) in [6.45, 7) is 7.95. The summed E-state index contributed by atoms with van der Waals surface area (Å²) in [6.07, 6.45) is 0.452. The topological polar surface area (TPSA) is 75.9 Å². The van der Waals surface area contributed by atoms with Crippen LogP contribution in [0.15, 0.2) is 28.7 Å². The summed E-state index contributed by atoms with van der Waals surface area (Å²) >= 11 is 3.40. The Morgan fingerprint density at radius 2 is 1.76 bits per heavy atom. The molecule has 0 aliphatic carbocycles. The highest BCUT2D eigenvalue weighted by Crippen LogP contribution is 2.24. The maximum Gasteiger partial charge on any atom is 0.410 e. The highest BCUT2D eigenvalue weighted by Gasteiger charge is 2.30. The number of halogens is 1. The molecule has 1 aromatic rings. The van der Waals surface area contributed by atoms with Crippen LogP contribution in [0.1, 0.15) is 38.8 Å². The Kier molecular flexibility index (Phi) is 6.46. The molecule has 1 aliphatic rings. The average molecular weight is 412 g/mol. The molecule has 1 atom stereocenters. The van der Waals surface area contributed by atoms with Gasteiger partial charge in [-0.25, -0.2) is 4.79 Å². The first kappa shape index (κ1) is 19.7. The molecule has 1 aliphatic heterocycles. The van der Waals surface area contributed by atoms with Crippen LogP contribution in [-0.4, -0.2) is 53.6 Å². The fourth-order valence-electron chi connectivity index (χ4n) is 2.90. The molecule has 0 aromatic heterocycles. The highest BCUT2D eigenvalue weighted by atomic mass is 79.9. The van der Waals surface area contributed by atoms with Crippen molar-refractivity contribution in [2.45, 2.75) is 38.8 Å². The summed E-state index contributed by atoms with van der Waals surface area (Å²) < 4.78 is 6.40. The summed E-state index contributed by atoms with van der Waals surface area (Å²) in [6, 6.07) is 7.10. The molecule has 7 heteroatoms. The van der Waals surface area contributed by atoms with E-state index in [4.69, 9.17) is 10.5 Å². The van der Waals surface area contributed by atoms with Crippen molar-refractivity contribution in [2.75, 3.05) is 26.2 Å². The predicted octanol–water partition coefficient (Wildman–Crippen LogP) is 2.92. The van der Waals surface area contributed by atoms with Crippen molar-refractivity contribution in [3.8, 4) is 0 Å². The number of hydrogen-bond acceptors (Lipinski definition) is 4.